The molecule has 1 aromatic carbocycles. The van der Waals surface area contributed by atoms with Crippen LogP contribution in [0.1, 0.15) is 12.5 Å². The monoisotopic (exact) mass is 344 g/mol. The van der Waals surface area contributed by atoms with Crippen LogP contribution in [0.4, 0.5) is 0 Å². The highest BCUT2D eigenvalue weighted by Gasteiger charge is 2.21. The first-order chi connectivity index (χ1) is 9.90. The van der Waals surface area contributed by atoms with E-state index in [1.165, 1.54) is 18.3 Å². The van der Waals surface area contributed by atoms with Crippen molar-refractivity contribution in [1.82, 2.24) is 9.71 Å². The molecule has 1 N–H and O–H groups in total. The molecule has 7 heteroatoms. The van der Waals surface area contributed by atoms with Gasteiger partial charge in [-0.2, -0.15) is 0 Å². The molecule has 0 aliphatic carbocycles. The average Bonchev–Trinajstić information content (AvgIpc) is 2.41. The summed E-state index contributed by atoms with van der Waals surface area (Å²) in [5.41, 5.74) is 0.881. The van der Waals surface area contributed by atoms with Gasteiger partial charge in [0.15, 0.2) is 0 Å². The molecule has 1 unspecified atom stereocenters. The van der Waals surface area contributed by atoms with Gasteiger partial charge in [0.2, 0.25) is 10.0 Å². The van der Waals surface area contributed by atoms with Crippen LogP contribution < -0.4 is 4.72 Å². The van der Waals surface area contributed by atoms with Crippen LogP contribution in [0.25, 0.3) is 0 Å². The fraction of sp³-hybridized carbons (Fsp3) is 0.214. The van der Waals surface area contributed by atoms with E-state index in [-0.39, 0.29) is 16.1 Å². The van der Waals surface area contributed by atoms with Crippen LogP contribution in [0.2, 0.25) is 10.2 Å². The van der Waals surface area contributed by atoms with Crippen LogP contribution in [-0.2, 0) is 16.4 Å². The molecule has 0 aliphatic heterocycles. The van der Waals surface area contributed by atoms with E-state index in [9.17, 15) is 8.42 Å². The number of nitrogens with zero attached hydrogens (tertiary/aromatic N) is 1. The predicted octanol–water partition coefficient (Wildman–Crippen LogP) is 3.30. The summed E-state index contributed by atoms with van der Waals surface area (Å²) in [7, 11) is -3.71. The van der Waals surface area contributed by atoms with Gasteiger partial charge in [-0.1, -0.05) is 41.4 Å². The number of sulfonamides is 1. The first-order valence-corrected chi connectivity index (χ1v) is 8.50. The summed E-state index contributed by atoms with van der Waals surface area (Å²) in [6.45, 7) is 1.77. The van der Waals surface area contributed by atoms with Gasteiger partial charge < -0.3 is 0 Å². The Morgan fingerprint density at radius 2 is 1.90 bits per heavy atom. The molecular weight excluding hydrogens is 331 g/mol. The molecule has 112 valence electrons. The van der Waals surface area contributed by atoms with Crippen LogP contribution in [0.3, 0.4) is 0 Å². The van der Waals surface area contributed by atoms with Crippen molar-refractivity contribution in [1.29, 1.82) is 0 Å². The second-order valence-corrected chi connectivity index (χ2v) is 7.06. The maximum absolute atomic E-state index is 12.3. The van der Waals surface area contributed by atoms with E-state index in [2.05, 4.69) is 9.71 Å². The van der Waals surface area contributed by atoms with Crippen LogP contribution in [0.15, 0.2) is 47.5 Å². The molecule has 1 heterocycles. The highest BCUT2D eigenvalue weighted by molar-refractivity contribution is 7.89. The third-order valence-electron chi connectivity index (χ3n) is 2.85. The number of hydrogen-bond donors (Lipinski definition) is 1. The van der Waals surface area contributed by atoms with Crippen LogP contribution >= 0.6 is 23.2 Å². The van der Waals surface area contributed by atoms with Crippen LogP contribution in [0, 0.1) is 0 Å². The third-order valence-corrected chi connectivity index (χ3v) is 5.26. The van der Waals surface area contributed by atoms with Gasteiger partial charge in [0, 0.05) is 17.3 Å². The molecule has 21 heavy (non-hydrogen) atoms. The Kier molecular flexibility index (Phi) is 5.22. The lowest BCUT2D eigenvalue weighted by Gasteiger charge is -2.15. The van der Waals surface area contributed by atoms with Crippen molar-refractivity contribution in [3.8, 4) is 0 Å². The van der Waals surface area contributed by atoms with Crippen molar-refractivity contribution in [3.63, 3.8) is 0 Å². The van der Waals surface area contributed by atoms with Gasteiger partial charge in [-0.15, -0.1) is 0 Å². The zero-order valence-electron chi connectivity index (χ0n) is 11.3. The van der Waals surface area contributed by atoms with E-state index in [1.807, 2.05) is 18.2 Å². The van der Waals surface area contributed by atoms with Gasteiger partial charge in [0.25, 0.3) is 0 Å². The summed E-state index contributed by atoms with van der Waals surface area (Å²) in [4.78, 5) is 3.75. The zero-order chi connectivity index (χ0) is 15.5. The number of benzene rings is 1. The summed E-state index contributed by atoms with van der Waals surface area (Å²) < 4.78 is 27.1. The maximum Gasteiger partial charge on any atom is 0.243 e. The number of pyridine rings is 1. The highest BCUT2D eigenvalue weighted by Crippen LogP contribution is 2.20. The van der Waals surface area contributed by atoms with Crippen molar-refractivity contribution < 1.29 is 8.42 Å². The minimum Gasteiger partial charge on any atom is -0.243 e. The van der Waals surface area contributed by atoms with E-state index in [4.69, 9.17) is 23.2 Å². The quantitative estimate of drug-likeness (QED) is 0.846. The molecule has 0 spiro atoms. The Bertz CT molecular complexity index is 735. The van der Waals surface area contributed by atoms with Gasteiger partial charge >= 0.3 is 0 Å². The summed E-state index contributed by atoms with van der Waals surface area (Å²) in [5, 5.41) is 0.568. The standard InChI is InChI=1S/C14H14Cl2N2O2S/c1-10(9-11-5-2-3-6-12(11)15)18-21(19,20)13-7-4-8-17-14(13)16/h2-8,10,18H,9H2,1H3. The number of aromatic nitrogens is 1. The van der Waals surface area contributed by atoms with Crippen molar-refractivity contribution in [2.75, 3.05) is 0 Å². The smallest absolute Gasteiger partial charge is 0.243 e. The first kappa shape index (κ1) is 16.2. The topological polar surface area (TPSA) is 59.1 Å². The molecule has 1 atom stereocenters. The Hall–Kier alpha value is -1.14. The van der Waals surface area contributed by atoms with Crippen molar-refractivity contribution in [2.24, 2.45) is 0 Å². The lowest BCUT2D eigenvalue weighted by atomic mass is 10.1. The molecule has 0 radical (unpaired) electrons. The van der Waals surface area contributed by atoms with Crippen LogP contribution in [0.5, 0.6) is 0 Å². The Balaban J connectivity index is 2.14. The van der Waals surface area contributed by atoms with Crippen molar-refractivity contribution in [3.05, 3.63) is 58.3 Å². The second-order valence-electron chi connectivity index (χ2n) is 4.61. The summed E-state index contributed by atoms with van der Waals surface area (Å²) in [6, 6.07) is 9.95. The maximum atomic E-state index is 12.3. The van der Waals surface area contributed by atoms with Gasteiger partial charge in [-0.25, -0.2) is 18.1 Å². The number of halogens is 2. The Morgan fingerprint density at radius 1 is 1.19 bits per heavy atom. The van der Waals surface area contributed by atoms with Crippen LogP contribution in [-0.4, -0.2) is 19.4 Å². The SMILES string of the molecule is CC(Cc1ccccc1Cl)NS(=O)(=O)c1cccnc1Cl. The van der Waals surface area contributed by atoms with Gasteiger partial charge in [-0.05, 0) is 37.1 Å². The third kappa shape index (κ3) is 4.17. The number of hydrogen-bond acceptors (Lipinski definition) is 3. The first-order valence-electron chi connectivity index (χ1n) is 6.26. The van der Waals surface area contributed by atoms with E-state index < -0.39 is 10.0 Å². The average molecular weight is 345 g/mol. The summed E-state index contributed by atoms with van der Waals surface area (Å²) in [6.07, 6.45) is 1.92. The van der Waals surface area contributed by atoms with Gasteiger partial charge in [0.05, 0.1) is 0 Å². The number of rotatable bonds is 5. The molecular formula is C14H14Cl2N2O2S. The fourth-order valence-corrected chi connectivity index (χ4v) is 3.84. The second kappa shape index (κ2) is 6.75. The highest BCUT2D eigenvalue weighted by atomic mass is 35.5. The van der Waals surface area contributed by atoms with E-state index in [0.29, 0.717) is 11.4 Å². The normalized spacial score (nSPS) is 13.1. The minimum atomic E-state index is -3.71. The summed E-state index contributed by atoms with van der Waals surface area (Å²) in [5.74, 6) is 0. The Labute approximate surface area is 134 Å². The zero-order valence-corrected chi connectivity index (χ0v) is 13.6. The largest absolute Gasteiger partial charge is 0.243 e. The molecule has 2 rings (SSSR count). The molecule has 0 amide bonds. The molecule has 0 saturated carbocycles. The summed E-state index contributed by atoms with van der Waals surface area (Å²) >= 11 is 11.9. The van der Waals surface area contributed by atoms with E-state index >= 15 is 0 Å². The van der Waals surface area contributed by atoms with Crippen molar-refractivity contribution in [2.45, 2.75) is 24.3 Å². The number of nitrogens with one attached hydrogen (secondary N) is 1. The van der Waals surface area contributed by atoms with E-state index in [1.54, 1.807) is 13.0 Å². The predicted molar refractivity (Wildman–Crippen MR) is 84.2 cm³/mol. The fourth-order valence-electron chi connectivity index (χ4n) is 1.94. The van der Waals surface area contributed by atoms with E-state index in [0.717, 1.165) is 5.56 Å². The Morgan fingerprint density at radius 3 is 2.57 bits per heavy atom. The molecule has 0 fully saturated rings. The van der Waals surface area contributed by atoms with Gasteiger partial charge in [0.1, 0.15) is 10.0 Å². The molecule has 1 aromatic heterocycles. The van der Waals surface area contributed by atoms with Gasteiger partial charge in [-0.3, -0.25) is 0 Å². The minimum absolute atomic E-state index is 0.0299. The molecule has 0 saturated heterocycles. The van der Waals surface area contributed by atoms with Crippen molar-refractivity contribution >= 4 is 33.2 Å². The molecule has 4 nitrogen and oxygen atoms in total. The molecule has 2 aromatic rings. The lowest BCUT2D eigenvalue weighted by Crippen LogP contribution is -2.34. The lowest BCUT2D eigenvalue weighted by molar-refractivity contribution is 0.559. The molecule has 0 aliphatic rings. The molecule has 0 bridgehead atoms.